The Morgan fingerprint density at radius 2 is 1.90 bits per heavy atom. The maximum absolute atomic E-state index is 10.9. The average molecular weight is 287 g/mol. The lowest BCUT2D eigenvalue weighted by atomic mass is 10.1. The normalized spacial score (nSPS) is 10.8. The molecule has 2 heterocycles. The first-order valence-electron chi connectivity index (χ1n) is 5.96. The molecule has 0 unspecified atom stereocenters. The van der Waals surface area contributed by atoms with Crippen LogP contribution in [0, 0.1) is 0 Å². The first kappa shape index (κ1) is 12.6. The highest BCUT2D eigenvalue weighted by atomic mass is 35.5. The van der Waals surface area contributed by atoms with E-state index in [-0.39, 0.29) is 5.56 Å². The predicted molar refractivity (Wildman–Crippen MR) is 79.2 cm³/mol. The van der Waals surface area contributed by atoms with Gasteiger partial charge < -0.3 is 15.2 Å². The van der Waals surface area contributed by atoms with E-state index in [2.05, 4.69) is 0 Å². The van der Waals surface area contributed by atoms with Crippen LogP contribution in [0.1, 0.15) is 10.4 Å². The van der Waals surface area contributed by atoms with E-state index in [1.807, 2.05) is 22.7 Å². The number of benzene rings is 1. The molecule has 0 aliphatic carbocycles. The summed E-state index contributed by atoms with van der Waals surface area (Å²) < 4.78 is 1.90. The van der Waals surface area contributed by atoms with Gasteiger partial charge in [0, 0.05) is 6.20 Å². The van der Waals surface area contributed by atoms with Gasteiger partial charge in [0.15, 0.2) is 0 Å². The maximum Gasteiger partial charge on any atom is 0.335 e. The molecule has 0 bridgehead atoms. The van der Waals surface area contributed by atoms with Crippen molar-refractivity contribution in [3.05, 3.63) is 59.2 Å². The van der Waals surface area contributed by atoms with Gasteiger partial charge >= 0.3 is 5.97 Å². The van der Waals surface area contributed by atoms with Crippen LogP contribution in [0.4, 0.5) is 5.69 Å². The molecule has 0 saturated heterocycles. The second kappa shape index (κ2) is 4.58. The zero-order valence-corrected chi connectivity index (χ0v) is 11.1. The highest BCUT2D eigenvalue weighted by Crippen LogP contribution is 2.32. The lowest BCUT2D eigenvalue weighted by molar-refractivity contribution is 0.0697. The number of nitrogens with zero attached hydrogens (tertiary/aromatic N) is 1. The number of pyridine rings is 1. The molecular weight excluding hydrogens is 276 g/mol. The summed E-state index contributed by atoms with van der Waals surface area (Å²) in [5.74, 6) is -0.945. The smallest absolute Gasteiger partial charge is 0.335 e. The number of carbonyl (C=O) groups is 1. The summed E-state index contributed by atoms with van der Waals surface area (Å²) in [5.41, 5.74) is 9.34. The van der Waals surface area contributed by atoms with E-state index in [1.54, 1.807) is 30.3 Å². The van der Waals surface area contributed by atoms with Gasteiger partial charge in [-0.25, -0.2) is 4.79 Å². The van der Waals surface area contributed by atoms with E-state index in [0.29, 0.717) is 10.7 Å². The zero-order valence-electron chi connectivity index (χ0n) is 10.4. The van der Waals surface area contributed by atoms with E-state index in [1.165, 1.54) is 0 Å². The summed E-state index contributed by atoms with van der Waals surface area (Å²) >= 11 is 6.15. The van der Waals surface area contributed by atoms with E-state index < -0.39 is 5.97 Å². The number of aromatic nitrogens is 1. The van der Waals surface area contributed by atoms with Crippen LogP contribution in [0.3, 0.4) is 0 Å². The van der Waals surface area contributed by atoms with Crippen molar-refractivity contribution in [2.24, 2.45) is 0 Å². The van der Waals surface area contributed by atoms with Crippen molar-refractivity contribution in [1.29, 1.82) is 0 Å². The molecule has 3 N–H and O–H groups in total. The molecule has 0 saturated carbocycles. The Labute approximate surface area is 120 Å². The number of rotatable bonds is 2. The van der Waals surface area contributed by atoms with Crippen molar-refractivity contribution in [3.63, 3.8) is 0 Å². The minimum atomic E-state index is -0.945. The van der Waals surface area contributed by atoms with Gasteiger partial charge in [-0.05, 0) is 35.9 Å². The van der Waals surface area contributed by atoms with Crippen molar-refractivity contribution < 1.29 is 9.90 Å². The second-order valence-corrected chi connectivity index (χ2v) is 4.85. The van der Waals surface area contributed by atoms with Gasteiger partial charge in [-0.15, -0.1) is 0 Å². The third kappa shape index (κ3) is 1.90. The number of carboxylic acids is 1. The zero-order chi connectivity index (χ0) is 14.3. The van der Waals surface area contributed by atoms with E-state index in [4.69, 9.17) is 22.4 Å². The summed E-state index contributed by atoms with van der Waals surface area (Å²) in [4.78, 5) is 10.9. The molecule has 0 aliphatic rings. The Kier molecular flexibility index (Phi) is 2.88. The van der Waals surface area contributed by atoms with Gasteiger partial charge in [0.1, 0.15) is 0 Å². The molecule has 0 atom stereocenters. The molecule has 0 amide bonds. The van der Waals surface area contributed by atoms with E-state index in [0.717, 1.165) is 16.8 Å². The Morgan fingerprint density at radius 3 is 2.55 bits per heavy atom. The molecule has 4 nitrogen and oxygen atoms in total. The quantitative estimate of drug-likeness (QED) is 0.757. The minimum Gasteiger partial charge on any atom is -0.478 e. The van der Waals surface area contributed by atoms with Gasteiger partial charge in [0.25, 0.3) is 0 Å². The van der Waals surface area contributed by atoms with Crippen LogP contribution in [-0.4, -0.2) is 15.5 Å². The number of hydrogen-bond acceptors (Lipinski definition) is 2. The molecule has 3 rings (SSSR count). The van der Waals surface area contributed by atoms with Crippen LogP contribution in [-0.2, 0) is 0 Å². The fourth-order valence-corrected chi connectivity index (χ4v) is 2.52. The lowest BCUT2D eigenvalue weighted by Crippen LogP contribution is -1.95. The molecule has 3 aromatic rings. The highest BCUT2D eigenvalue weighted by molar-refractivity contribution is 6.34. The van der Waals surface area contributed by atoms with Crippen molar-refractivity contribution in [1.82, 2.24) is 4.40 Å². The largest absolute Gasteiger partial charge is 0.478 e. The van der Waals surface area contributed by atoms with Crippen LogP contribution in [0.5, 0.6) is 0 Å². The summed E-state index contributed by atoms with van der Waals surface area (Å²) in [7, 11) is 0. The molecule has 0 aliphatic heterocycles. The van der Waals surface area contributed by atoms with Crippen LogP contribution < -0.4 is 5.73 Å². The molecule has 20 heavy (non-hydrogen) atoms. The van der Waals surface area contributed by atoms with Crippen molar-refractivity contribution in [2.75, 3.05) is 5.73 Å². The second-order valence-electron chi connectivity index (χ2n) is 4.44. The summed E-state index contributed by atoms with van der Waals surface area (Å²) in [5, 5.41) is 9.50. The number of fused-ring (bicyclic) bond motifs is 1. The maximum atomic E-state index is 10.9. The average Bonchev–Trinajstić information content (AvgIpc) is 2.77. The van der Waals surface area contributed by atoms with E-state index in [9.17, 15) is 4.79 Å². The lowest BCUT2D eigenvalue weighted by Gasteiger charge is -2.04. The molecule has 1 aromatic carbocycles. The third-order valence-electron chi connectivity index (χ3n) is 3.20. The fraction of sp³-hybridized carbons (Fsp3) is 0. The summed E-state index contributed by atoms with van der Waals surface area (Å²) in [6.45, 7) is 0. The molecule has 0 fully saturated rings. The third-order valence-corrected chi connectivity index (χ3v) is 3.50. The van der Waals surface area contributed by atoms with Crippen LogP contribution in [0.15, 0.2) is 48.7 Å². The van der Waals surface area contributed by atoms with Crippen molar-refractivity contribution in [2.45, 2.75) is 0 Å². The molecule has 5 heteroatoms. The van der Waals surface area contributed by atoms with Crippen LogP contribution in [0.25, 0.3) is 16.8 Å². The first-order chi connectivity index (χ1) is 9.58. The van der Waals surface area contributed by atoms with Gasteiger partial charge in [0.05, 0.1) is 27.5 Å². The number of carboxylic acid groups (broad SMARTS) is 1. The number of anilines is 1. The first-order valence-corrected chi connectivity index (χ1v) is 6.34. The Hall–Kier alpha value is -2.46. The van der Waals surface area contributed by atoms with Gasteiger partial charge in [-0.2, -0.15) is 0 Å². The number of aromatic carboxylic acids is 1. The topological polar surface area (TPSA) is 67.7 Å². The SMILES string of the molecule is Nc1cc(-c2ccc(C(=O)O)cc2)n2cccc(Cl)c12. The van der Waals surface area contributed by atoms with Gasteiger partial charge in [0.2, 0.25) is 0 Å². The fourth-order valence-electron chi connectivity index (χ4n) is 2.25. The van der Waals surface area contributed by atoms with Gasteiger partial charge in [-0.1, -0.05) is 23.7 Å². The standard InChI is InChI=1S/C15H11ClN2O2/c16-11-2-1-7-18-13(8-12(17)14(11)18)9-3-5-10(6-4-9)15(19)20/h1-8H,17H2,(H,19,20). The van der Waals surface area contributed by atoms with Gasteiger partial charge in [-0.3, -0.25) is 0 Å². The molecule has 2 aromatic heterocycles. The minimum absolute atomic E-state index is 0.251. The summed E-state index contributed by atoms with van der Waals surface area (Å²) in [6.07, 6.45) is 1.87. The Morgan fingerprint density at radius 1 is 1.20 bits per heavy atom. The Bertz CT molecular complexity index is 807. The monoisotopic (exact) mass is 286 g/mol. The van der Waals surface area contributed by atoms with Crippen molar-refractivity contribution in [3.8, 4) is 11.3 Å². The number of halogens is 1. The number of nitrogens with two attached hydrogens (primary N) is 1. The van der Waals surface area contributed by atoms with E-state index >= 15 is 0 Å². The molecule has 0 spiro atoms. The van der Waals surface area contributed by atoms with Crippen molar-refractivity contribution >= 4 is 28.8 Å². The Balaban J connectivity index is 2.20. The van der Waals surface area contributed by atoms with Crippen LogP contribution >= 0.6 is 11.6 Å². The number of nitrogen functional groups attached to an aromatic ring is 1. The molecular formula is C15H11ClN2O2. The summed E-state index contributed by atoms with van der Waals surface area (Å²) in [6, 6.07) is 12.1. The molecule has 0 radical (unpaired) electrons. The number of hydrogen-bond donors (Lipinski definition) is 2. The molecule has 100 valence electrons. The van der Waals surface area contributed by atoms with Crippen LogP contribution in [0.2, 0.25) is 5.02 Å². The highest BCUT2D eigenvalue weighted by Gasteiger charge is 2.11. The predicted octanol–water partition coefficient (Wildman–Crippen LogP) is 3.54.